The standard InChI is InChI=1S/C15H27N3O3/c1-15(2,3)21-14(20)16-11-12-8-10-18(12)13(19)7-6-9-17(4)5/h6-7,12H,8-11H2,1-5H3,(H,16,20)/b7-6+. The first kappa shape index (κ1) is 17.5. The highest BCUT2D eigenvalue weighted by Crippen LogP contribution is 2.17. The molecule has 0 radical (unpaired) electrons. The number of hydrogen-bond donors (Lipinski definition) is 1. The van der Waals surface area contributed by atoms with Gasteiger partial charge in [0, 0.05) is 25.7 Å². The molecule has 1 heterocycles. The van der Waals surface area contributed by atoms with Crippen LogP contribution in [0.3, 0.4) is 0 Å². The Morgan fingerprint density at radius 1 is 1.38 bits per heavy atom. The van der Waals surface area contributed by atoms with Gasteiger partial charge in [0.05, 0.1) is 6.04 Å². The molecule has 0 aromatic heterocycles. The molecule has 1 saturated heterocycles. The van der Waals surface area contributed by atoms with E-state index in [1.165, 1.54) is 0 Å². The van der Waals surface area contributed by atoms with Crippen molar-refractivity contribution in [2.75, 3.05) is 33.7 Å². The van der Waals surface area contributed by atoms with E-state index in [0.29, 0.717) is 6.54 Å². The van der Waals surface area contributed by atoms with E-state index >= 15 is 0 Å². The van der Waals surface area contributed by atoms with Crippen LogP contribution in [0, 0.1) is 0 Å². The first-order valence-electron chi connectivity index (χ1n) is 7.28. The van der Waals surface area contributed by atoms with Crippen molar-refractivity contribution in [1.29, 1.82) is 0 Å². The molecule has 0 spiro atoms. The Balaban J connectivity index is 2.33. The van der Waals surface area contributed by atoms with Gasteiger partial charge >= 0.3 is 6.09 Å². The number of carbonyl (C=O) groups excluding carboxylic acids is 2. The maximum absolute atomic E-state index is 12.0. The molecular formula is C15H27N3O3. The van der Waals surface area contributed by atoms with Crippen LogP contribution in [0.4, 0.5) is 4.79 Å². The van der Waals surface area contributed by atoms with E-state index in [1.54, 1.807) is 11.0 Å². The molecule has 0 aromatic rings. The zero-order valence-electron chi connectivity index (χ0n) is 13.7. The van der Waals surface area contributed by atoms with E-state index in [0.717, 1.165) is 19.5 Å². The fourth-order valence-corrected chi connectivity index (χ4v) is 1.92. The number of amides is 2. The highest BCUT2D eigenvalue weighted by atomic mass is 16.6. The van der Waals surface area contributed by atoms with Crippen LogP contribution < -0.4 is 5.32 Å². The number of hydrogen-bond acceptors (Lipinski definition) is 4. The van der Waals surface area contributed by atoms with Gasteiger partial charge in [-0.2, -0.15) is 0 Å². The van der Waals surface area contributed by atoms with Gasteiger partial charge in [0.1, 0.15) is 5.60 Å². The number of carbonyl (C=O) groups is 2. The predicted octanol–water partition coefficient (Wildman–Crippen LogP) is 1.23. The highest BCUT2D eigenvalue weighted by molar-refractivity contribution is 5.88. The van der Waals surface area contributed by atoms with Crippen molar-refractivity contribution in [2.24, 2.45) is 0 Å². The number of alkyl carbamates (subject to hydrolysis) is 1. The summed E-state index contributed by atoms with van der Waals surface area (Å²) in [5, 5.41) is 2.71. The molecule has 2 amide bonds. The SMILES string of the molecule is CN(C)C/C=C/C(=O)N1CCC1CNC(=O)OC(C)(C)C. The lowest BCUT2D eigenvalue weighted by molar-refractivity contribution is -0.133. The van der Waals surface area contributed by atoms with Crippen molar-refractivity contribution in [2.45, 2.75) is 38.8 Å². The molecule has 120 valence electrons. The first-order chi connectivity index (χ1) is 9.69. The fourth-order valence-electron chi connectivity index (χ4n) is 1.92. The summed E-state index contributed by atoms with van der Waals surface area (Å²) in [5.41, 5.74) is -0.506. The smallest absolute Gasteiger partial charge is 0.407 e. The van der Waals surface area contributed by atoms with Crippen molar-refractivity contribution >= 4 is 12.0 Å². The summed E-state index contributed by atoms with van der Waals surface area (Å²) >= 11 is 0. The monoisotopic (exact) mass is 297 g/mol. The normalized spacial score (nSPS) is 18.8. The molecule has 0 bridgehead atoms. The summed E-state index contributed by atoms with van der Waals surface area (Å²) in [4.78, 5) is 27.3. The summed E-state index contributed by atoms with van der Waals surface area (Å²) in [6.45, 7) is 7.37. The van der Waals surface area contributed by atoms with Gasteiger partial charge in [-0.25, -0.2) is 4.79 Å². The minimum absolute atomic E-state index is 0.000844. The van der Waals surface area contributed by atoms with Gasteiger partial charge in [-0.1, -0.05) is 6.08 Å². The van der Waals surface area contributed by atoms with E-state index in [9.17, 15) is 9.59 Å². The summed E-state index contributed by atoms with van der Waals surface area (Å²) in [7, 11) is 3.90. The molecule has 1 aliphatic heterocycles. The molecule has 0 aromatic carbocycles. The third-order valence-corrected chi connectivity index (χ3v) is 3.04. The molecule has 1 aliphatic rings. The van der Waals surface area contributed by atoms with Gasteiger partial charge in [-0.05, 0) is 41.3 Å². The molecule has 1 fully saturated rings. The molecule has 21 heavy (non-hydrogen) atoms. The summed E-state index contributed by atoms with van der Waals surface area (Å²) in [6, 6.07) is 0.0639. The van der Waals surface area contributed by atoms with Gasteiger partial charge < -0.3 is 19.9 Å². The maximum Gasteiger partial charge on any atom is 0.407 e. The van der Waals surface area contributed by atoms with Crippen LogP contribution in [0.5, 0.6) is 0 Å². The Hall–Kier alpha value is -1.56. The minimum Gasteiger partial charge on any atom is -0.444 e. The number of likely N-dealkylation sites (N-methyl/N-ethyl adjacent to an activating group) is 1. The Kier molecular flexibility index (Phi) is 6.20. The summed E-state index contributed by atoms with van der Waals surface area (Å²) in [6.07, 6.45) is 3.91. The van der Waals surface area contributed by atoms with Crippen molar-refractivity contribution in [3.63, 3.8) is 0 Å². The van der Waals surface area contributed by atoms with Gasteiger partial charge in [-0.15, -0.1) is 0 Å². The van der Waals surface area contributed by atoms with Crippen LogP contribution in [-0.4, -0.2) is 67.2 Å². The molecule has 0 saturated carbocycles. The average Bonchev–Trinajstić information content (AvgIpc) is 2.24. The summed E-state index contributed by atoms with van der Waals surface area (Å²) in [5.74, 6) is -0.000844. The second-order valence-corrected chi connectivity index (χ2v) is 6.52. The summed E-state index contributed by atoms with van der Waals surface area (Å²) < 4.78 is 5.17. The van der Waals surface area contributed by atoms with Crippen LogP contribution in [-0.2, 0) is 9.53 Å². The van der Waals surface area contributed by atoms with Crippen molar-refractivity contribution in [1.82, 2.24) is 15.1 Å². The number of ether oxygens (including phenoxy) is 1. The third kappa shape index (κ3) is 6.62. The fraction of sp³-hybridized carbons (Fsp3) is 0.733. The van der Waals surface area contributed by atoms with E-state index in [-0.39, 0.29) is 11.9 Å². The lowest BCUT2D eigenvalue weighted by Crippen LogP contribution is -2.55. The Morgan fingerprint density at radius 2 is 2.05 bits per heavy atom. The van der Waals surface area contributed by atoms with Gasteiger partial charge in [0.15, 0.2) is 0 Å². The number of likely N-dealkylation sites (tertiary alicyclic amines) is 1. The van der Waals surface area contributed by atoms with Crippen molar-refractivity contribution in [3.8, 4) is 0 Å². The van der Waals surface area contributed by atoms with Gasteiger partial charge in [0.2, 0.25) is 5.91 Å². The Bertz CT molecular complexity index is 399. The third-order valence-electron chi connectivity index (χ3n) is 3.04. The molecule has 6 heteroatoms. The molecule has 1 N–H and O–H groups in total. The molecule has 1 atom stereocenters. The van der Waals surface area contributed by atoms with Gasteiger partial charge in [0.25, 0.3) is 0 Å². The zero-order valence-corrected chi connectivity index (χ0v) is 13.7. The quantitative estimate of drug-likeness (QED) is 0.775. The number of nitrogens with one attached hydrogen (secondary N) is 1. The van der Waals surface area contributed by atoms with Crippen LogP contribution in [0.1, 0.15) is 27.2 Å². The molecule has 6 nitrogen and oxygen atoms in total. The van der Waals surface area contributed by atoms with E-state index < -0.39 is 11.7 Å². The number of rotatable bonds is 5. The molecule has 1 unspecified atom stereocenters. The van der Waals surface area contributed by atoms with Crippen LogP contribution in [0.2, 0.25) is 0 Å². The van der Waals surface area contributed by atoms with E-state index in [4.69, 9.17) is 4.74 Å². The lowest BCUT2D eigenvalue weighted by Gasteiger charge is -2.40. The van der Waals surface area contributed by atoms with Crippen molar-refractivity contribution < 1.29 is 14.3 Å². The highest BCUT2D eigenvalue weighted by Gasteiger charge is 2.31. The largest absolute Gasteiger partial charge is 0.444 e. The molecule has 0 aliphatic carbocycles. The second-order valence-electron chi connectivity index (χ2n) is 6.52. The van der Waals surface area contributed by atoms with Gasteiger partial charge in [-0.3, -0.25) is 4.79 Å². The maximum atomic E-state index is 12.0. The Morgan fingerprint density at radius 3 is 2.52 bits per heavy atom. The molecule has 1 rings (SSSR count). The second kappa shape index (κ2) is 7.45. The lowest BCUT2D eigenvalue weighted by atomic mass is 10.0. The van der Waals surface area contributed by atoms with Crippen LogP contribution in [0.25, 0.3) is 0 Å². The first-order valence-corrected chi connectivity index (χ1v) is 7.28. The zero-order chi connectivity index (χ0) is 16.0. The average molecular weight is 297 g/mol. The molecular weight excluding hydrogens is 270 g/mol. The van der Waals surface area contributed by atoms with E-state index in [2.05, 4.69) is 5.32 Å². The topological polar surface area (TPSA) is 61.9 Å². The van der Waals surface area contributed by atoms with Crippen LogP contribution in [0.15, 0.2) is 12.2 Å². The Labute approximate surface area is 127 Å². The van der Waals surface area contributed by atoms with Crippen LogP contribution >= 0.6 is 0 Å². The predicted molar refractivity (Wildman–Crippen MR) is 82.0 cm³/mol. The van der Waals surface area contributed by atoms with E-state index in [1.807, 2.05) is 45.8 Å². The van der Waals surface area contributed by atoms with Crippen molar-refractivity contribution in [3.05, 3.63) is 12.2 Å². The minimum atomic E-state index is -0.506. The number of nitrogens with zero attached hydrogens (tertiary/aromatic N) is 2.